The number of hydrogen-bond donors (Lipinski definition) is 0. The molecule has 1 saturated heterocycles. The number of rotatable bonds is 4. The first kappa shape index (κ1) is 41.8. The highest BCUT2D eigenvalue weighted by Crippen LogP contribution is 2.73. The molecule has 1 aliphatic heterocycles. The molecule has 9 aliphatic rings. The van der Waals surface area contributed by atoms with Gasteiger partial charge in [-0.05, 0) is 205 Å². The van der Waals surface area contributed by atoms with Crippen LogP contribution in [0.4, 0.5) is 11.4 Å². The minimum absolute atomic E-state index is 0.0174. The molecule has 16 rings (SSSR count). The Morgan fingerprint density at radius 2 is 1.11 bits per heavy atom. The molecule has 8 saturated carbocycles. The highest BCUT2D eigenvalue weighted by molar-refractivity contribution is 9.10. The van der Waals surface area contributed by atoms with E-state index in [4.69, 9.17) is 4.98 Å². The van der Waals surface area contributed by atoms with E-state index < -0.39 is 0 Å². The fraction of sp³-hybridized carbons (Fsp3) is 0.559. The Hall–Kier alpha value is -4.74. The number of nitro groups is 2. The topological polar surface area (TPSA) is 124 Å². The Morgan fingerprint density at radius 1 is 0.543 bits per heavy atom. The second-order valence-electron chi connectivity index (χ2n) is 24.7. The summed E-state index contributed by atoms with van der Waals surface area (Å²) in [4.78, 5) is 47.6. The molecule has 10 nitrogen and oxygen atoms in total. The van der Waals surface area contributed by atoms with Gasteiger partial charge in [0.2, 0.25) is 0 Å². The van der Waals surface area contributed by atoms with E-state index in [1.165, 1.54) is 96.0 Å². The average molecular weight is 999 g/mol. The lowest BCUT2D eigenvalue weighted by Crippen LogP contribution is -2.66. The molecule has 0 amide bonds. The second-order valence-corrected chi connectivity index (χ2v) is 25.6. The number of nitrogens with zero attached hydrogens (tertiary/aromatic N) is 5. The highest BCUT2D eigenvalue weighted by Gasteiger charge is 2.67. The molecule has 70 heavy (non-hydrogen) atoms. The SMILES string of the molecule is O=c1c2cccc3c(Br)ccc(c32)c2nc3c4ccc([N+](=O)[O-])cc4c(CN4CC5CCC6C7CCC8C9CCCC%10CCCC(C%11CCC(C%12CCC(C4)C5C6%12)C7C8%11)C%109)c4cc([N+](=O)[O-])cc(c43)n12. The number of nitro benzene ring substituents is 2. The molecule has 7 aromatic rings. The maximum Gasteiger partial charge on any atom is 0.272 e. The van der Waals surface area contributed by atoms with Crippen LogP contribution in [0.1, 0.15) is 95.5 Å². The number of pyridine rings is 1. The summed E-state index contributed by atoms with van der Waals surface area (Å²) < 4.78 is 2.44. The van der Waals surface area contributed by atoms with Crippen LogP contribution in [0, 0.1) is 115 Å². The van der Waals surface area contributed by atoms with Gasteiger partial charge in [-0.2, -0.15) is 0 Å². The quantitative estimate of drug-likeness (QED) is 0.0744. The summed E-state index contributed by atoms with van der Waals surface area (Å²) in [6.07, 6.45) is 20.5. The molecule has 5 aromatic carbocycles. The number of benzene rings is 5. The van der Waals surface area contributed by atoms with Crippen molar-refractivity contribution in [3.63, 3.8) is 0 Å². The molecule has 8 aliphatic carbocycles. The molecule has 3 heterocycles. The van der Waals surface area contributed by atoms with E-state index in [2.05, 4.69) is 20.8 Å². The van der Waals surface area contributed by atoms with Crippen molar-refractivity contribution in [1.82, 2.24) is 14.3 Å². The van der Waals surface area contributed by atoms with Gasteiger partial charge in [0.05, 0.1) is 20.9 Å². The maximum absolute atomic E-state index is 14.8. The van der Waals surface area contributed by atoms with Crippen LogP contribution in [0.25, 0.3) is 59.8 Å². The van der Waals surface area contributed by atoms with Gasteiger partial charge < -0.3 is 0 Å². The summed E-state index contributed by atoms with van der Waals surface area (Å²) >= 11 is 3.69. The third-order valence-electron chi connectivity index (χ3n) is 22.7. The number of fused-ring (bicyclic) bond motifs is 9. The Kier molecular flexibility index (Phi) is 8.92. The highest BCUT2D eigenvalue weighted by atomic mass is 79.9. The molecule has 0 N–H and O–H groups in total. The van der Waals surface area contributed by atoms with Crippen molar-refractivity contribution in [2.24, 2.45) is 94.7 Å². The number of non-ortho nitro benzene ring substituents is 2. The molecule has 9 fully saturated rings. The van der Waals surface area contributed by atoms with Crippen LogP contribution in [-0.2, 0) is 6.54 Å². The number of likely N-dealkylation sites (tertiary alicyclic amines) is 1. The van der Waals surface area contributed by atoms with Crippen LogP contribution in [-0.4, -0.2) is 37.2 Å². The fourth-order valence-electron chi connectivity index (χ4n) is 21.0. The molecule has 10 unspecified atom stereocenters. The van der Waals surface area contributed by atoms with E-state index in [1.807, 2.05) is 36.4 Å². The summed E-state index contributed by atoms with van der Waals surface area (Å²) in [7, 11) is 0. The van der Waals surface area contributed by atoms with E-state index in [1.54, 1.807) is 22.6 Å². The lowest BCUT2D eigenvalue weighted by molar-refractivity contribution is -0.384. The molecular weight excluding hydrogens is 939 g/mol. The van der Waals surface area contributed by atoms with Crippen LogP contribution in [0.15, 0.2) is 69.9 Å². The van der Waals surface area contributed by atoms with Gasteiger partial charge in [0.15, 0.2) is 0 Å². The molecular formula is C59H60BrN5O5. The number of hydrogen-bond acceptors (Lipinski definition) is 7. The van der Waals surface area contributed by atoms with Gasteiger partial charge >= 0.3 is 0 Å². The standard InChI is InChI=1S/C59H60BrN5O5/c60-48-21-20-43-52-42(48)8-3-9-44(52)59(66)63-49-24-32(65(69)70)23-46-47(45-22-31(64(67)68)12-15-41(45)57(56(46)49)61-58(43)63)27-62-25-29-10-13-35-39-18-16-37-33-6-1-4-28-5-2-7-34(51(28)33)38-17-19-40(55(39)54(37)38)36-14-11-30(26-62)50(29)53(35)36/h3,8-9,12,15,20-24,28-30,33-40,50-51,53-55H,1-2,4-7,10-11,13-14,16-19,25-27H2. The van der Waals surface area contributed by atoms with Crippen molar-refractivity contribution in [2.45, 2.75) is 96.4 Å². The number of halogens is 1. The fourth-order valence-corrected chi connectivity index (χ4v) is 21.5. The van der Waals surface area contributed by atoms with E-state index in [9.17, 15) is 25.0 Å². The zero-order valence-corrected chi connectivity index (χ0v) is 41.3. The molecule has 2 aromatic heterocycles. The van der Waals surface area contributed by atoms with Gasteiger partial charge in [-0.1, -0.05) is 53.7 Å². The Morgan fingerprint density at radius 3 is 1.76 bits per heavy atom. The zero-order valence-electron chi connectivity index (χ0n) is 39.7. The van der Waals surface area contributed by atoms with Crippen LogP contribution in [0.2, 0.25) is 0 Å². The van der Waals surface area contributed by atoms with Crippen molar-refractivity contribution in [3.05, 3.63) is 101 Å². The second kappa shape index (κ2) is 14.9. The predicted octanol–water partition coefficient (Wildman–Crippen LogP) is 13.7. The predicted molar refractivity (Wildman–Crippen MR) is 277 cm³/mol. The third-order valence-corrected chi connectivity index (χ3v) is 23.4. The van der Waals surface area contributed by atoms with Crippen molar-refractivity contribution in [1.29, 1.82) is 0 Å². The summed E-state index contributed by atoms with van der Waals surface area (Å²) in [6, 6.07) is 17.8. The van der Waals surface area contributed by atoms with Crippen LogP contribution in [0.5, 0.6) is 0 Å². The van der Waals surface area contributed by atoms with Crippen LogP contribution < -0.4 is 5.56 Å². The van der Waals surface area contributed by atoms with Crippen molar-refractivity contribution in [3.8, 4) is 0 Å². The average Bonchev–Trinajstić information content (AvgIpc) is 3.38. The first-order valence-electron chi connectivity index (χ1n) is 27.4. The van der Waals surface area contributed by atoms with Gasteiger partial charge in [-0.3, -0.25) is 34.3 Å². The lowest BCUT2D eigenvalue weighted by atomic mass is 9.34. The molecule has 0 radical (unpaired) electrons. The molecule has 11 heteroatoms. The van der Waals surface area contributed by atoms with Gasteiger partial charge in [0.25, 0.3) is 16.9 Å². The van der Waals surface area contributed by atoms with Gasteiger partial charge in [-0.25, -0.2) is 4.98 Å². The Bertz CT molecular complexity index is 3440. The monoisotopic (exact) mass is 997 g/mol. The van der Waals surface area contributed by atoms with Crippen molar-refractivity contribution in [2.75, 3.05) is 13.1 Å². The van der Waals surface area contributed by atoms with Gasteiger partial charge in [0.1, 0.15) is 5.65 Å². The normalized spacial score (nSPS) is 37.4. The molecule has 0 bridgehead atoms. The third kappa shape index (κ3) is 5.49. The van der Waals surface area contributed by atoms with Crippen LogP contribution in [0.3, 0.4) is 0 Å². The zero-order chi connectivity index (χ0) is 46.6. The van der Waals surface area contributed by atoms with Gasteiger partial charge in [0, 0.05) is 75.3 Å². The Balaban J connectivity index is 0.793. The number of aromatic nitrogens is 2. The maximum atomic E-state index is 14.8. The minimum atomic E-state index is -0.370. The molecule has 358 valence electrons. The van der Waals surface area contributed by atoms with Gasteiger partial charge in [-0.15, -0.1) is 0 Å². The van der Waals surface area contributed by atoms with Crippen LogP contribution >= 0.6 is 15.9 Å². The summed E-state index contributed by atoms with van der Waals surface area (Å²) in [5, 5.41) is 31.2. The van der Waals surface area contributed by atoms with E-state index in [0.717, 1.165) is 128 Å². The number of piperidine rings is 1. The van der Waals surface area contributed by atoms with E-state index in [-0.39, 0.29) is 26.8 Å². The molecule has 10 atom stereocenters. The molecule has 0 spiro atoms. The summed E-state index contributed by atoms with van der Waals surface area (Å²) in [5.41, 5.74) is 1.87. The Labute approximate surface area is 414 Å². The largest absolute Gasteiger partial charge is 0.298 e. The first-order chi connectivity index (χ1) is 34.2. The van der Waals surface area contributed by atoms with E-state index in [0.29, 0.717) is 56.6 Å². The lowest BCUT2D eigenvalue weighted by Gasteiger charge is -2.71. The first-order valence-corrected chi connectivity index (χ1v) is 28.2. The van der Waals surface area contributed by atoms with Crippen molar-refractivity contribution < 1.29 is 9.85 Å². The minimum Gasteiger partial charge on any atom is -0.298 e. The summed E-state index contributed by atoms with van der Waals surface area (Å²) in [6.45, 7) is 2.49. The smallest absolute Gasteiger partial charge is 0.272 e. The van der Waals surface area contributed by atoms with E-state index >= 15 is 0 Å². The van der Waals surface area contributed by atoms with Crippen molar-refractivity contribution >= 4 is 87.1 Å². The summed E-state index contributed by atoms with van der Waals surface area (Å²) in [5.74, 6) is 14.7.